The zero-order valence-electron chi connectivity index (χ0n) is 12.0. The largest absolute Gasteiger partial charge is 0.383 e. The first-order valence-corrected chi connectivity index (χ1v) is 6.96. The molecule has 0 saturated carbocycles. The lowest BCUT2D eigenvalue weighted by Crippen LogP contribution is -2.26. The van der Waals surface area contributed by atoms with Gasteiger partial charge in [0, 0.05) is 33.3 Å². The monoisotopic (exact) mass is 311 g/mol. The lowest BCUT2D eigenvalue weighted by Gasteiger charge is -2.09. The van der Waals surface area contributed by atoms with Gasteiger partial charge in [-0.3, -0.25) is 9.48 Å². The van der Waals surface area contributed by atoms with Crippen molar-refractivity contribution >= 4 is 17.3 Å². The molecule has 0 radical (unpaired) electrons. The third-order valence-electron chi connectivity index (χ3n) is 2.96. The molecule has 0 fully saturated rings. The van der Waals surface area contributed by atoms with Crippen LogP contribution in [-0.2, 0) is 24.8 Å². The zero-order valence-corrected chi connectivity index (χ0v) is 12.8. The van der Waals surface area contributed by atoms with Gasteiger partial charge in [0.2, 0.25) is 0 Å². The Balaban J connectivity index is 1.97. The average Bonchev–Trinajstić information content (AvgIpc) is 2.88. The van der Waals surface area contributed by atoms with E-state index in [9.17, 15) is 4.79 Å². The van der Waals surface area contributed by atoms with Gasteiger partial charge in [-0.1, -0.05) is 11.6 Å². The van der Waals surface area contributed by atoms with Gasteiger partial charge >= 0.3 is 0 Å². The highest BCUT2D eigenvalue weighted by Gasteiger charge is 2.09. The maximum atomic E-state index is 12.0. The van der Waals surface area contributed by atoms with Gasteiger partial charge in [-0.15, -0.1) is 0 Å². The Labute approximate surface area is 127 Å². The number of rotatable bonds is 7. The molecule has 114 valence electrons. The summed E-state index contributed by atoms with van der Waals surface area (Å²) in [6.45, 7) is 1.42. The van der Waals surface area contributed by atoms with Crippen LogP contribution in [0.1, 0.15) is 5.69 Å². The number of nitrogens with zero attached hydrogens (tertiary/aromatic N) is 4. The highest BCUT2D eigenvalue weighted by atomic mass is 35.5. The van der Waals surface area contributed by atoms with Crippen LogP contribution in [0, 0.1) is 0 Å². The van der Waals surface area contributed by atoms with Gasteiger partial charge in [0.15, 0.2) is 0 Å². The highest BCUT2D eigenvalue weighted by molar-refractivity contribution is 6.32. The number of hydrogen-bond acceptors (Lipinski definition) is 5. The van der Waals surface area contributed by atoms with E-state index in [2.05, 4.69) is 15.5 Å². The molecule has 0 aliphatic heterocycles. The predicted octanol–water partition coefficient (Wildman–Crippen LogP) is 0.931. The second kappa shape index (κ2) is 7.24. The van der Waals surface area contributed by atoms with Crippen LogP contribution in [0.4, 0.5) is 5.69 Å². The molecule has 0 amide bonds. The number of hydrogen-bond donors (Lipinski definition) is 1. The van der Waals surface area contributed by atoms with Crippen molar-refractivity contribution < 1.29 is 4.74 Å². The fourth-order valence-electron chi connectivity index (χ4n) is 1.85. The molecular formula is C13H18ClN5O2. The van der Waals surface area contributed by atoms with Gasteiger partial charge in [-0.2, -0.15) is 10.2 Å². The van der Waals surface area contributed by atoms with Crippen LogP contribution >= 0.6 is 11.6 Å². The van der Waals surface area contributed by atoms with E-state index in [1.165, 1.54) is 4.68 Å². The van der Waals surface area contributed by atoms with Crippen LogP contribution in [0.5, 0.6) is 0 Å². The summed E-state index contributed by atoms with van der Waals surface area (Å²) >= 11 is 6.07. The van der Waals surface area contributed by atoms with Crippen molar-refractivity contribution in [3.05, 3.63) is 39.5 Å². The highest BCUT2D eigenvalue weighted by Crippen LogP contribution is 2.15. The molecule has 7 nitrogen and oxygen atoms in total. The molecule has 8 heteroatoms. The van der Waals surface area contributed by atoms with Gasteiger partial charge in [0.1, 0.15) is 5.02 Å². The maximum absolute atomic E-state index is 12.0. The van der Waals surface area contributed by atoms with Gasteiger partial charge in [-0.05, 0) is 6.07 Å². The van der Waals surface area contributed by atoms with Gasteiger partial charge in [-0.25, -0.2) is 4.68 Å². The summed E-state index contributed by atoms with van der Waals surface area (Å²) in [7, 11) is 3.44. The second-order valence-electron chi connectivity index (χ2n) is 4.55. The lowest BCUT2D eigenvalue weighted by molar-refractivity contribution is 0.182. The fraction of sp³-hybridized carbons (Fsp3) is 0.462. The van der Waals surface area contributed by atoms with Gasteiger partial charge in [0.25, 0.3) is 5.56 Å². The molecule has 2 aromatic heterocycles. The first kappa shape index (κ1) is 15.5. The molecule has 0 saturated heterocycles. The summed E-state index contributed by atoms with van der Waals surface area (Å²) in [5.74, 6) is 0. The molecule has 21 heavy (non-hydrogen) atoms. The van der Waals surface area contributed by atoms with E-state index in [1.54, 1.807) is 18.0 Å². The van der Waals surface area contributed by atoms with E-state index >= 15 is 0 Å². The summed E-state index contributed by atoms with van der Waals surface area (Å²) in [5.41, 5.74) is 1.19. The Hall–Kier alpha value is -1.86. The summed E-state index contributed by atoms with van der Waals surface area (Å²) in [6, 6.07) is 1.95. The number of methoxy groups -OCH3 is 1. The molecular weight excluding hydrogens is 294 g/mol. The Bertz CT molecular complexity index is 652. The molecule has 0 bridgehead atoms. The van der Waals surface area contributed by atoms with Crippen molar-refractivity contribution in [2.75, 3.05) is 25.6 Å². The van der Waals surface area contributed by atoms with Gasteiger partial charge in [0.05, 0.1) is 30.7 Å². The normalized spacial score (nSPS) is 10.8. The van der Waals surface area contributed by atoms with Crippen LogP contribution in [0.25, 0.3) is 0 Å². The van der Waals surface area contributed by atoms with Crippen LogP contribution in [0.2, 0.25) is 5.02 Å². The lowest BCUT2D eigenvalue weighted by atomic mass is 10.3. The molecule has 0 aliphatic carbocycles. The number of halogens is 1. The maximum Gasteiger partial charge on any atom is 0.287 e. The number of aryl methyl sites for hydroxylation is 1. The van der Waals surface area contributed by atoms with E-state index in [1.807, 2.05) is 19.3 Å². The minimum atomic E-state index is -0.323. The predicted molar refractivity (Wildman–Crippen MR) is 80.8 cm³/mol. The number of anilines is 1. The molecule has 1 N–H and O–H groups in total. The summed E-state index contributed by atoms with van der Waals surface area (Å²) < 4.78 is 7.96. The molecule has 0 spiro atoms. The molecule has 2 heterocycles. The Morgan fingerprint density at radius 1 is 1.48 bits per heavy atom. The molecule has 0 unspecified atom stereocenters. The number of ether oxygens (including phenoxy) is 1. The smallest absolute Gasteiger partial charge is 0.287 e. The average molecular weight is 312 g/mol. The van der Waals surface area contributed by atoms with Crippen LogP contribution < -0.4 is 10.9 Å². The molecule has 2 aromatic rings. The van der Waals surface area contributed by atoms with Crippen molar-refractivity contribution in [1.29, 1.82) is 0 Å². The topological polar surface area (TPSA) is 74.0 Å². The van der Waals surface area contributed by atoms with Crippen molar-refractivity contribution in [1.82, 2.24) is 19.6 Å². The molecule has 0 atom stereocenters. The quantitative estimate of drug-likeness (QED) is 0.823. The van der Waals surface area contributed by atoms with E-state index in [0.29, 0.717) is 25.4 Å². The van der Waals surface area contributed by atoms with Crippen molar-refractivity contribution in [2.24, 2.45) is 7.05 Å². The van der Waals surface area contributed by atoms with E-state index < -0.39 is 0 Å². The van der Waals surface area contributed by atoms with Gasteiger partial charge < -0.3 is 10.1 Å². The number of aromatic nitrogens is 4. The van der Waals surface area contributed by atoms with Crippen molar-refractivity contribution in [3.8, 4) is 0 Å². The summed E-state index contributed by atoms with van der Waals surface area (Å²) in [4.78, 5) is 12.0. The van der Waals surface area contributed by atoms with E-state index in [0.717, 1.165) is 12.1 Å². The SMILES string of the molecule is COCCn1ncc(NCCc2ccn(C)n2)c(Cl)c1=O. The van der Waals surface area contributed by atoms with E-state index in [4.69, 9.17) is 16.3 Å². The molecule has 0 aromatic carbocycles. The Morgan fingerprint density at radius 3 is 2.95 bits per heavy atom. The third-order valence-corrected chi connectivity index (χ3v) is 3.32. The Kier molecular flexibility index (Phi) is 5.35. The summed E-state index contributed by atoms with van der Waals surface area (Å²) in [5, 5.41) is 11.6. The van der Waals surface area contributed by atoms with Crippen molar-refractivity contribution in [2.45, 2.75) is 13.0 Å². The minimum absolute atomic E-state index is 0.141. The minimum Gasteiger partial charge on any atom is -0.383 e. The standard InChI is InChI=1S/C13H18ClN5O2/c1-18-6-4-10(17-18)3-5-15-11-9-16-19(7-8-21-2)13(20)12(11)14/h4,6,9,15H,3,5,7-8H2,1-2H3. The van der Waals surface area contributed by atoms with Crippen LogP contribution in [-0.4, -0.2) is 39.8 Å². The first-order valence-electron chi connectivity index (χ1n) is 6.58. The first-order chi connectivity index (χ1) is 10.1. The van der Waals surface area contributed by atoms with E-state index in [-0.39, 0.29) is 10.6 Å². The molecule has 2 rings (SSSR count). The fourth-order valence-corrected chi connectivity index (χ4v) is 2.06. The van der Waals surface area contributed by atoms with Crippen LogP contribution in [0.3, 0.4) is 0 Å². The van der Waals surface area contributed by atoms with Crippen molar-refractivity contribution in [3.63, 3.8) is 0 Å². The summed E-state index contributed by atoms with van der Waals surface area (Å²) in [6.07, 6.45) is 4.18. The Morgan fingerprint density at radius 2 is 2.29 bits per heavy atom. The zero-order chi connectivity index (χ0) is 15.2. The third kappa shape index (κ3) is 4.05. The second-order valence-corrected chi connectivity index (χ2v) is 4.93. The molecule has 0 aliphatic rings. The number of nitrogens with one attached hydrogen (secondary N) is 1. The van der Waals surface area contributed by atoms with Crippen LogP contribution in [0.15, 0.2) is 23.3 Å².